The molecule has 0 aromatic carbocycles. The molecule has 0 saturated heterocycles. The van der Waals surface area contributed by atoms with Gasteiger partial charge >= 0.3 is 0 Å². The average Bonchev–Trinajstić information content (AvgIpc) is 2.28. The summed E-state index contributed by atoms with van der Waals surface area (Å²) in [5.74, 6) is 1.52. The topological polar surface area (TPSA) is 87.0 Å². The fourth-order valence-corrected chi connectivity index (χ4v) is 1.64. The van der Waals surface area contributed by atoms with Crippen LogP contribution in [0.2, 0.25) is 0 Å². The van der Waals surface area contributed by atoms with E-state index in [1.54, 1.807) is 6.07 Å². The molecule has 0 bridgehead atoms. The van der Waals surface area contributed by atoms with E-state index in [2.05, 4.69) is 23.8 Å². The monoisotopic (exact) mass is 238 g/mol. The first-order valence-electron chi connectivity index (χ1n) is 6.18. The van der Waals surface area contributed by atoms with Gasteiger partial charge in [0.2, 0.25) is 11.8 Å². The maximum absolute atomic E-state index is 5.61. The van der Waals surface area contributed by atoms with E-state index >= 15 is 0 Å². The van der Waals surface area contributed by atoms with Gasteiger partial charge in [0.15, 0.2) is 0 Å². The molecule has 1 aromatic rings. The second kappa shape index (κ2) is 6.93. The Morgan fingerprint density at radius 3 is 2.65 bits per heavy atom. The van der Waals surface area contributed by atoms with Gasteiger partial charge in [-0.1, -0.05) is 33.1 Å². The van der Waals surface area contributed by atoms with Gasteiger partial charge < -0.3 is 16.2 Å². The van der Waals surface area contributed by atoms with E-state index in [0.717, 1.165) is 6.42 Å². The second-order valence-electron chi connectivity index (χ2n) is 4.22. The first kappa shape index (κ1) is 13.5. The van der Waals surface area contributed by atoms with Crippen LogP contribution < -0.4 is 16.2 Å². The number of hydrogen-bond donors (Lipinski definition) is 2. The van der Waals surface area contributed by atoms with Crippen LogP contribution in [0.1, 0.15) is 39.5 Å². The van der Waals surface area contributed by atoms with Crippen molar-refractivity contribution >= 4 is 11.8 Å². The molecule has 0 aliphatic carbocycles. The van der Waals surface area contributed by atoms with Crippen LogP contribution in [0.15, 0.2) is 6.07 Å². The molecule has 0 amide bonds. The first-order chi connectivity index (χ1) is 8.15. The minimum absolute atomic E-state index is 0.154. The number of ether oxygens (including phenoxy) is 1. The quantitative estimate of drug-likeness (QED) is 0.760. The van der Waals surface area contributed by atoms with Crippen LogP contribution in [0.5, 0.6) is 5.88 Å². The normalized spacial score (nSPS) is 12.4. The number of nitrogens with zero attached hydrogens (tertiary/aromatic N) is 2. The third-order valence-electron chi connectivity index (χ3n) is 2.75. The lowest BCUT2D eigenvalue weighted by atomic mass is 10.0. The highest BCUT2D eigenvalue weighted by Gasteiger charge is 2.08. The van der Waals surface area contributed by atoms with E-state index in [1.807, 2.05) is 0 Å². The highest BCUT2D eigenvalue weighted by atomic mass is 16.5. The highest BCUT2D eigenvalue weighted by molar-refractivity contribution is 5.38. The fraction of sp³-hybridized carbons (Fsp3) is 0.667. The number of rotatable bonds is 7. The van der Waals surface area contributed by atoms with Crippen molar-refractivity contribution in [2.75, 3.05) is 18.1 Å². The van der Waals surface area contributed by atoms with Crippen molar-refractivity contribution in [2.24, 2.45) is 5.92 Å². The van der Waals surface area contributed by atoms with Crippen LogP contribution in [0, 0.1) is 5.92 Å². The summed E-state index contributed by atoms with van der Waals surface area (Å²) in [5, 5.41) is 0. The zero-order valence-electron chi connectivity index (χ0n) is 10.6. The summed E-state index contributed by atoms with van der Waals surface area (Å²) in [6.07, 6.45) is 4.74. The Hall–Kier alpha value is -1.52. The highest BCUT2D eigenvalue weighted by Crippen LogP contribution is 2.16. The van der Waals surface area contributed by atoms with Crippen molar-refractivity contribution in [3.05, 3.63) is 6.07 Å². The summed E-state index contributed by atoms with van der Waals surface area (Å²) in [5.41, 5.74) is 11.1. The maximum atomic E-state index is 5.61. The van der Waals surface area contributed by atoms with Gasteiger partial charge in [-0.15, -0.1) is 0 Å². The van der Waals surface area contributed by atoms with Crippen molar-refractivity contribution in [3.63, 3.8) is 0 Å². The third kappa shape index (κ3) is 4.89. The number of nitrogens with two attached hydrogens (primary N) is 2. The SMILES string of the molecule is CCCCC(CC)COc1cc(N)nc(N)n1. The van der Waals surface area contributed by atoms with Gasteiger partial charge in [-0.05, 0) is 12.3 Å². The first-order valence-corrected chi connectivity index (χ1v) is 6.18. The van der Waals surface area contributed by atoms with Crippen LogP contribution >= 0.6 is 0 Å². The van der Waals surface area contributed by atoms with Gasteiger partial charge in [0.05, 0.1) is 6.61 Å². The summed E-state index contributed by atoms with van der Waals surface area (Å²) >= 11 is 0. The van der Waals surface area contributed by atoms with E-state index in [9.17, 15) is 0 Å². The second-order valence-corrected chi connectivity index (χ2v) is 4.22. The molecule has 1 atom stereocenters. The molecular formula is C12H22N4O. The van der Waals surface area contributed by atoms with E-state index < -0.39 is 0 Å². The molecule has 4 N–H and O–H groups in total. The van der Waals surface area contributed by atoms with Crippen molar-refractivity contribution in [1.82, 2.24) is 9.97 Å². The van der Waals surface area contributed by atoms with Crippen LogP contribution in [0.4, 0.5) is 11.8 Å². The van der Waals surface area contributed by atoms with Gasteiger partial charge in [0, 0.05) is 6.07 Å². The smallest absolute Gasteiger partial charge is 0.225 e. The zero-order valence-corrected chi connectivity index (χ0v) is 10.6. The van der Waals surface area contributed by atoms with Crippen LogP contribution in [-0.2, 0) is 0 Å². The standard InChI is InChI=1S/C12H22N4O/c1-3-5-6-9(4-2)8-17-11-7-10(13)15-12(14)16-11/h7,9H,3-6,8H2,1-2H3,(H4,13,14,15,16). The molecule has 0 aliphatic heterocycles. The predicted molar refractivity (Wildman–Crippen MR) is 69.7 cm³/mol. The largest absolute Gasteiger partial charge is 0.477 e. The molecule has 1 aromatic heterocycles. The maximum Gasteiger partial charge on any atom is 0.225 e. The minimum Gasteiger partial charge on any atom is -0.477 e. The molecule has 1 rings (SSSR count). The molecule has 0 radical (unpaired) electrons. The Morgan fingerprint density at radius 1 is 1.29 bits per heavy atom. The molecule has 0 spiro atoms. The summed E-state index contributed by atoms with van der Waals surface area (Å²) in [4.78, 5) is 7.78. The van der Waals surface area contributed by atoms with E-state index in [1.165, 1.54) is 19.3 Å². The summed E-state index contributed by atoms with van der Waals surface area (Å²) in [7, 11) is 0. The van der Waals surface area contributed by atoms with Gasteiger partial charge in [-0.3, -0.25) is 0 Å². The Bertz CT molecular complexity index is 323. The molecule has 96 valence electrons. The van der Waals surface area contributed by atoms with Crippen molar-refractivity contribution < 1.29 is 4.74 Å². The number of unbranched alkanes of at least 4 members (excludes halogenated alkanes) is 1. The minimum atomic E-state index is 0.154. The Morgan fingerprint density at radius 2 is 2.06 bits per heavy atom. The Balaban J connectivity index is 2.47. The fourth-order valence-electron chi connectivity index (χ4n) is 1.64. The molecule has 17 heavy (non-hydrogen) atoms. The van der Waals surface area contributed by atoms with Gasteiger partial charge in [0.1, 0.15) is 5.82 Å². The van der Waals surface area contributed by atoms with Crippen molar-refractivity contribution in [3.8, 4) is 5.88 Å². The lowest BCUT2D eigenvalue weighted by Gasteiger charge is -2.15. The lowest BCUT2D eigenvalue weighted by molar-refractivity contribution is 0.226. The van der Waals surface area contributed by atoms with Gasteiger partial charge in [0.25, 0.3) is 0 Å². The summed E-state index contributed by atoms with van der Waals surface area (Å²) < 4.78 is 5.61. The van der Waals surface area contributed by atoms with Crippen LogP contribution in [-0.4, -0.2) is 16.6 Å². The van der Waals surface area contributed by atoms with Crippen LogP contribution in [0.25, 0.3) is 0 Å². The van der Waals surface area contributed by atoms with Crippen molar-refractivity contribution in [1.29, 1.82) is 0 Å². The summed E-state index contributed by atoms with van der Waals surface area (Å²) in [6.45, 7) is 5.03. The molecule has 5 heteroatoms. The molecule has 1 unspecified atom stereocenters. The van der Waals surface area contributed by atoms with Crippen LogP contribution in [0.3, 0.4) is 0 Å². The molecule has 0 fully saturated rings. The third-order valence-corrected chi connectivity index (χ3v) is 2.75. The zero-order chi connectivity index (χ0) is 12.7. The van der Waals surface area contributed by atoms with E-state index in [0.29, 0.717) is 24.2 Å². The number of hydrogen-bond acceptors (Lipinski definition) is 5. The predicted octanol–water partition coefficient (Wildman–Crippen LogP) is 2.24. The van der Waals surface area contributed by atoms with Crippen molar-refractivity contribution in [2.45, 2.75) is 39.5 Å². The van der Waals surface area contributed by atoms with E-state index in [-0.39, 0.29) is 5.95 Å². The average molecular weight is 238 g/mol. The Labute approximate surface area is 103 Å². The molecule has 5 nitrogen and oxygen atoms in total. The number of nitrogen functional groups attached to an aromatic ring is 2. The molecule has 0 saturated carbocycles. The molecular weight excluding hydrogens is 216 g/mol. The number of aromatic nitrogens is 2. The molecule has 0 aliphatic rings. The summed E-state index contributed by atoms with van der Waals surface area (Å²) in [6, 6.07) is 1.60. The lowest BCUT2D eigenvalue weighted by Crippen LogP contribution is -2.13. The Kier molecular flexibility index (Phi) is 5.52. The number of anilines is 2. The molecule has 1 heterocycles. The van der Waals surface area contributed by atoms with Gasteiger partial charge in [-0.25, -0.2) is 0 Å². The van der Waals surface area contributed by atoms with Gasteiger partial charge in [-0.2, -0.15) is 9.97 Å². The van der Waals surface area contributed by atoms with E-state index in [4.69, 9.17) is 16.2 Å².